The Bertz CT molecular complexity index is 727. The van der Waals surface area contributed by atoms with Gasteiger partial charge in [-0.15, -0.1) is 0 Å². The predicted molar refractivity (Wildman–Crippen MR) is 85.7 cm³/mol. The number of nitrogens with zero attached hydrogens (tertiary/aromatic N) is 1. The van der Waals surface area contributed by atoms with Gasteiger partial charge in [0.2, 0.25) is 0 Å². The molecule has 0 fully saturated rings. The molecular weight excluding hydrogens is 284 g/mol. The lowest BCUT2D eigenvalue weighted by Crippen LogP contribution is -2.31. The van der Waals surface area contributed by atoms with Crippen molar-refractivity contribution in [2.45, 2.75) is 25.3 Å². The van der Waals surface area contributed by atoms with Crippen molar-refractivity contribution in [3.63, 3.8) is 0 Å². The van der Waals surface area contributed by atoms with Crippen LogP contribution in [0, 0.1) is 6.92 Å². The first-order chi connectivity index (χ1) is 10.0. The normalized spacial score (nSPS) is 11.4. The highest BCUT2D eigenvalue weighted by Gasteiger charge is 2.24. The van der Waals surface area contributed by atoms with E-state index in [1.165, 1.54) is 4.31 Å². The maximum absolute atomic E-state index is 12.9. The topological polar surface area (TPSA) is 63.4 Å². The largest absolute Gasteiger partial charge is 0.326 e. The van der Waals surface area contributed by atoms with E-state index >= 15 is 0 Å². The first-order valence-corrected chi connectivity index (χ1v) is 8.32. The second kappa shape index (κ2) is 6.28. The van der Waals surface area contributed by atoms with Gasteiger partial charge in [-0.1, -0.05) is 30.3 Å². The number of benzene rings is 2. The zero-order valence-electron chi connectivity index (χ0n) is 12.3. The summed E-state index contributed by atoms with van der Waals surface area (Å²) in [5.41, 5.74) is 8.04. The summed E-state index contributed by atoms with van der Waals surface area (Å²) in [6.07, 6.45) is 0. The van der Waals surface area contributed by atoms with Crippen molar-refractivity contribution in [1.29, 1.82) is 0 Å². The van der Waals surface area contributed by atoms with E-state index in [0.29, 0.717) is 18.8 Å². The van der Waals surface area contributed by atoms with Crippen molar-refractivity contribution in [2.75, 3.05) is 10.8 Å². The van der Waals surface area contributed by atoms with E-state index in [-0.39, 0.29) is 4.90 Å². The van der Waals surface area contributed by atoms with Crippen LogP contribution in [0.1, 0.15) is 18.1 Å². The minimum Gasteiger partial charge on any atom is -0.326 e. The SMILES string of the molecule is CCN(c1ccccc1C)S(=O)(=O)c1cccc(CN)c1. The van der Waals surface area contributed by atoms with Gasteiger partial charge < -0.3 is 5.73 Å². The number of hydrogen-bond acceptors (Lipinski definition) is 3. The van der Waals surface area contributed by atoms with Crippen molar-refractivity contribution >= 4 is 15.7 Å². The van der Waals surface area contributed by atoms with Gasteiger partial charge in [0.1, 0.15) is 0 Å². The zero-order chi connectivity index (χ0) is 15.5. The molecule has 0 aromatic heterocycles. The Kier molecular flexibility index (Phi) is 4.65. The molecule has 0 atom stereocenters. The molecule has 0 spiro atoms. The molecule has 2 aromatic carbocycles. The molecule has 2 aromatic rings. The molecule has 0 aliphatic carbocycles. The summed E-state index contributed by atoms with van der Waals surface area (Å²) in [6, 6.07) is 14.3. The van der Waals surface area contributed by atoms with E-state index in [0.717, 1.165) is 11.1 Å². The molecule has 21 heavy (non-hydrogen) atoms. The zero-order valence-corrected chi connectivity index (χ0v) is 13.1. The quantitative estimate of drug-likeness (QED) is 0.923. The van der Waals surface area contributed by atoms with Gasteiger partial charge in [0.15, 0.2) is 0 Å². The number of para-hydroxylation sites is 1. The molecule has 0 heterocycles. The van der Waals surface area contributed by atoms with Gasteiger partial charge in [-0.05, 0) is 43.2 Å². The summed E-state index contributed by atoms with van der Waals surface area (Å²) in [7, 11) is -3.58. The Hall–Kier alpha value is -1.85. The van der Waals surface area contributed by atoms with Crippen molar-refractivity contribution in [3.05, 3.63) is 59.7 Å². The summed E-state index contributed by atoms with van der Waals surface area (Å²) in [5.74, 6) is 0. The second-order valence-electron chi connectivity index (χ2n) is 4.81. The molecule has 5 heteroatoms. The maximum atomic E-state index is 12.9. The maximum Gasteiger partial charge on any atom is 0.264 e. The highest BCUT2D eigenvalue weighted by molar-refractivity contribution is 7.92. The first-order valence-electron chi connectivity index (χ1n) is 6.88. The van der Waals surface area contributed by atoms with Gasteiger partial charge in [0.05, 0.1) is 10.6 Å². The Labute approximate surface area is 126 Å². The lowest BCUT2D eigenvalue weighted by atomic mass is 10.2. The lowest BCUT2D eigenvalue weighted by Gasteiger charge is -2.24. The minimum atomic E-state index is -3.58. The molecular formula is C16H20N2O2S. The van der Waals surface area contributed by atoms with Gasteiger partial charge in [0.25, 0.3) is 10.0 Å². The molecule has 0 unspecified atom stereocenters. The van der Waals surface area contributed by atoms with Crippen molar-refractivity contribution in [1.82, 2.24) is 0 Å². The number of rotatable bonds is 5. The van der Waals surface area contributed by atoms with Crippen LogP contribution in [0.25, 0.3) is 0 Å². The molecule has 0 aliphatic heterocycles. The summed E-state index contributed by atoms with van der Waals surface area (Å²) < 4.78 is 27.2. The third-order valence-electron chi connectivity index (χ3n) is 3.39. The van der Waals surface area contributed by atoms with Crippen LogP contribution in [0.4, 0.5) is 5.69 Å². The Morgan fingerprint density at radius 2 is 1.81 bits per heavy atom. The lowest BCUT2D eigenvalue weighted by molar-refractivity contribution is 0.591. The van der Waals surface area contributed by atoms with Gasteiger partial charge >= 0.3 is 0 Å². The van der Waals surface area contributed by atoms with Gasteiger partial charge in [-0.2, -0.15) is 0 Å². The van der Waals surface area contributed by atoms with Gasteiger partial charge in [-0.3, -0.25) is 4.31 Å². The number of sulfonamides is 1. The van der Waals surface area contributed by atoms with Crippen LogP contribution < -0.4 is 10.0 Å². The van der Waals surface area contributed by atoms with Crippen LogP contribution in [-0.2, 0) is 16.6 Å². The molecule has 0 bridgehead atoms. The predicted octanol–water partition coefficient (Wildman–Crippen LogP) is 2.67. The Morgan fingerprint density at radius 1 is 1.10 bits per heavy atom. The molecule has 0 radical (unpaired) electrons. The fourth-order valence-corrected chi connectivity index (χ4v) is 3.88. The van der Waals surface area contributed by atoms with Crippen LogP contribution in [0.2, 0.25) is 0 Å². The van der Waals surface area contributed by atoms with Gasteiger partial charge in [0, 0.05) is 13.1 Å². The molecule has 0 amide bonds. The van der Waals surface area contributed by atoms with Crippen LogP contribution in [0.15, 0.2) is 53.4 Å². The smallest absolute Gasteiger partial charge is 0.264 e. The summed E-state index contributed by atoms with van der Waals surface area (Å²) in [4.78, 5) is 0.274. The molecule has 112 valence electrons. The summed E-state index contributed by atoms with van der Waals surface area (Å²) >= 11 is 0. The number of nitrogens with two attached hydrogens (primary N) is 1. The molecule has 0 saturated carbocycles. The third-order valence-corrected chi connectivity index (χ3v) is 5.28. The Balaban J connectivity index is 2.52. The first kappa shape index (κ1) is 15.5. The van der Waals surface area contributed by atoms with Crippen LogP contribution >= 0.6 is 0 Å². The summed E-state index contributed by atoms with van der Waals surface area (Å²) in [5, 5.41) is 0. The van der Waals surface area contributed by atoms with E-state index in [9.17, 15) is 8.42 Å². The van der Waals surface area contributed by atoms with Crippen molar-refractivity contribution in [3.8, 4) is 0 Å². The number of anilines is 1. The molecule has 0 saturated heterocycles. The number of aryl methyl sites for hydroxylation is 1. The second-order valence-corrected chi connectivity index (χ2v) is 6.67. The molecule has 2 rings (SSSR count). The molecule has 4 nitrogen and oxygen atoms in total. The van der Waals surface area contributed by atoms with Gasteiger partial charge in [-0.25, -0.2) is 8.42 Å². The highest BCUT2D eigenvalue weighted by atomic mass is 32.2. The van der Waals surface area contributed by atoms with E-state index in [4.69, 9.17) is 5.73 Å². The summed E-state index contributed by atoms with van der Waals surface area (Å²) in [6.45, 7) is 4.43. The average Bonchev–Trinajstić information content (AvgIpc) is 2.50. The van der Waals surface area contributed by atoms with Crippen LogP contribution in [0.3, 0.4) is 0 Å². The average molecular weight is 304 g/mol. The third kappa shape index (κ3) is 3.09. The van der Waals surface area contributed by atoms with E-state index < -0.39 is 10.0 Å². The highest BCUT2D eigenvalue weighted by Crippen LogP contribution is 2.26. The molecule has 0 aliphatic rings. The monoisotopic (exact) mass is 304 g/mol. The fourth-order valence-electron chi connectivity index (χ4n) is 2.27. The fraction of sp³-hybridized carbons (Fsp3) is 0.250. The van der Waals surface area contributed by atoms with Crippen LogP contribution in [-0.4, -0.2) is 15.0 Å². The van der Waals surface area contributed by atoms with Crippen LogP contribution in [0.5, 0.6) is 0 Å². The van der Waals surface area contributed by atoms with E-state index in [1.807, 2.05) is 44.2 Å². The Morgan fingerprint density at radius 3 is 2.43 bits per heavy atom. The van der Waals surface area contributed by atoms with Crippen molar-refractivity contribution < 1.29 is 8.42 Å². The van der Waals surface area contributed by atoms with Crippen molar-refractivity contribution in [2.24, 2.45) is 5.73 Å². The number of hydrogen-bond donors (Lipinski definition) is 1. The minimum absolute atomic E-state index is 0.274. The van der Waals surface area contributed by atoms with E-state index in [1.54, 1.807) is 18.2 Å². The standard InChI is InChI=1S/C16H20N2O2S/c1-3-18(16-10-5-4-7-13(16)2)21(19,20)15-9-6-8-14(11-15)12-17/h4-11H,3,12,17H2,1-2H3. The molecule has 2 N–H and O–H groups in total. The van der Waals surface area contributed by atoms with E-state index in [2.05, 4.69) is 0 Å².